The normalized spacial score (nSPS) is 20.8. The van der Waals surface area contributed by atoms with Crippen molar-refractivity contribution >= 4 is 17.4 Å². The number of hydrazone groups is 1. The smallest absolute Gasteiger partial charge is 0.380 e. The second kappa shape index (κ2) is 11.1. The maximum Gasteiger partial charge on any atom is 0.417 e. The van der Waals surface area contributed by atoms with Crippen molar-refractivity contribution in [2.75, 3.05) is 0 Å². The van der Waals surface area contributed by atoms with Crippen molar-refractivity contribution in [2.45, 2.75) is 76.1 Å². The average molecular weight is 593 g/mol. The van der Waals surface area contributed by atoms with Crippen LogP contribution in [0.3, 0.4) is 0 Å². The standard InChI is InChI=1S/C31H31F3N6O3/c1-2-6-26-24(16-19-9-10-22(20-7-4-3-5-8-20)23(15-19)25-17-27(41)38-37-25)28(42)39(29-35-18-36-40(26)29)21-11-13-30(43,14-12-21)31(32,33)34/h3-5,7-10,15,18,21,43H,2,6,11-14,16-17H2,1H3,(H,38,41). The molecule has 9 nitrogen and oxygen atoms in total. The number of aliphatic hydroxyl groups is 1. The van der Waals surface area contributed by atoms with E-state index in [-0.39, 0.29) is 42.9 Å². The zero-order valence-corrected chi connectivity index (χ0v) is 23.6. The Kier molecular flexibility index (Phi) is 7.41. The van der Waals surface area contributed by atoms with Crippen LogP contribution >= 0.6 is 0 Å². The largest absolute Gasteiger partial charge is 0.417 e. The number of amides is 1. The lowest BCUT2D eigenvalue weighted by atomic mass is 9.81. The maximum atomic E-state index is 14.2. The summed E-state index contributed by atoms with van der Waals surface area (Å²) in [5, 5.41) is 18.9. The molecule has 2 aromatic heterocycles. The quantitative estimate of drug-likeness (QED) is 0.322. The Bertz CT molecular complexity index is 1770. The number of aromatic nitrogens is 4. The van der Waals surface area contributed by atoms with Crippen LogP contribution in [0.5, 0.6) is 0 Å². The fourth-order valence-electron chi connectivity index (χ4n) is 6.23. The highest BCUT2D eigenvalue weighted by molar-refractivity contribution is 6.16. The van der Waals surface area contributed by atoms with Crippen LogP contribution in [0.15, 0.2) is 64.8 Å². The first kappa shape index (κ1) is 28.8. The molecule has 4 aromatic rings. The van der Waals surface area contributed by atoms with Gasteiger partial charge in [-0.25, -0.2) is 9.94 Å². The van der Waals surface area contributed by atoms with Gasteiger partial charge in [0.15, 0.2) is 5.60 Å². The van der Waals surface area contributed by atoms with Crippen molar-refractivity contribution in [3.05, 3.63) is 87.6 Å². The first-order chi connectivity index (χ1) is 20.6. The van der Waals surface area contributed by atoms with E-state index in [0.29, 0.717) is 23.4 Å². The molecular formula is C31H31F3N6O3. The molecule has 1 fully saturated rings. The lowest BCUT2D eigenvalue weighted by molar-refractivity contribution is -0.271. The highest BCUT2D eigenvalue weighted by atomic mass is 19.4. The zero-order valence-electron chi connectivity index (χ0n) is 23.6. The van der Waals surface area contributed by atoms with Gasteiger partial charge in [-0.15, -0.1) is 0 Å². The maximum absolute atomic E-state index is 14.2. The van der Waals surface area contributed by atoms with Gasteiger partial charge < -0.3 is 5.11 Å². The Morgan fingerprint density at radius 1 is 1.07 bits per heavy atom. The van der Waals surface area contributed by atoms with Crippen LogP contribution in [-0.2, 0) is 17.6 Å². The lowest BCUT2D eigenvalue weighted by Crippen LogP contribution is -2.48. The molecule has 1 aliphatic carbocycles. The van der Waals surface area contributed by atoms with Crippen molar-refractivity contribution in [3.63, 3.8) is 0 Å². The fourth-order valence-corrected chi connectivity index (χ4v) is 6.23. The van der Waals surface area contributed by atoms with Crippen molar-refractivity contribution in [1.29, 1.82) is 0 Å². The first-order valence-corrected chi connectivity index (χ1v) is 14.4. The van der Waals surface area contributed by atoms with Gasteiger partial charge in [-0.3, -0.25) is 14.2 Å². The summed E-state index contributed by atoms with van der Waals surface area (Å²) in [6, 6.07) is 15.0. The summed E-state index contributed by atoms with van der Waals surface area (Å²) in [4.78, 5) is 30.6. The van der Waals surface area contributed by atoms with Gasteiger partial charge in [-0.05, 0) is 54.9 Å². The predicted octanol–water partition coefficient (Wildman–Crippen LogP) is 4.73. The number of hydrogen-bond donors (Lipinski definition) is 2. The van der Waals surface area contributed by atoms with Gasteiger partial charge in [0.25, 0.3) is 5.56 Å². The SMILES string of the molecule is CCCc1c(Cc2ccc(-c3ccccc3)c(C3=NNC(=O)C3)c2)c(=O)n(C2CCC(O)(C(F)(F)F)CC2)c2ncnn12. The summed E-state index contributed by atoms with van der Waals surface area (Å²) in [6.45, 7) is 1.99. The molecule has 0 unspecified atom stereocenters. The van der Waals surface area contributed by atoms with Gasteiger partial charge in [-0.1, -0.05) is 55.8 Å². The third-order valence-electron chi connectivity index (χ3n) is 8.49. The summed E-state index contributed by atoms with van der Waals surface area (Å²) in [5.74, 6) is 0.0822. The topological polar surface area (TPSA) is 114 Å². The Labute approximate surface area is 245 Å². The second-order valence-corrected chi connectivity index (χ2v) is 11.3. The molecule has 0 spiro atoms. The van der Waals surface area contributed by atoms with E-state index < -0.39 is 30.7 Å². The number of halogens is 3. The van der Waals surface area contributed by atoms with Crippen LogP contribution in [-0.4, -0.2) is 47.7 Å². The minimum atomic E-state index is -4.74. The van der Waals surface area contributed by atoms with E-state index >= 15 is 0 Å². The highest BCUT2D eigenvalue weighted by Gasteiger charge is 2.55. The number of benzene rings is 2. The van der Waals surface area contributed by atoms with Crippen LogP contribution in [0.1, 0.15) is 73.9 Å². The van der Waals surface area contributed by atoms with Crippen LogP contribution < -0.4 is 11.0 Å². The molecule has 2 N–H and O–H groups in total. The minimum Gasteiger partial charge on any atom is -0.380 e. The molecule has 224 valence electrons. The molecule has 43 heavy (non-hydrogen) atoms. The first-order valence-electron chi connectivity index (χ1n) is 14.4. The number of carbonyl (C=O) groups excluding carboxylic acids is 1. The highest BCUT2D eigenvalue weighted by Crippen LogP contribution is 2.44. The molecule has 1 aliphatic heterocycles. The monoisotopic (exact) mass is 592 g/mol. The molecule has 1 saturated carbocycles. The van der Waals surface area contributed by atoms with Gasteiger partial charge in [0.05, 0.1) is 17.8 Å². The van der Waals surface area contributed by atoms with Crippen LogP contribution in [0.2, 0.25) is 0 Å². The number of aryl methyl sites for hydroxylation is 1. The van der Waals surface area contributed by atoms with Crippen molar-refractivity contribution in [3.8, 4) is 11.1 Å². The number of rotatable bonds is 7. The third kappa shape index (κ3) is 5.24. The summed E-state index contributed by atoms with van der Waals surface area (Å²) in [7, 11) is 0. The van der Waals surface area contributed by atoms with E-state index in [0.717, 1.165) is 28.7 Å². The molecule has 0 bridgehead atoms. The van der Waals surface area contributed by atoms with Gasteiger partial charge >= 0.3 is 6.18 Å². The third-order valence-corrected chi connectivity index (χ3v) is 8.49. The molecule has 0 saturated heterocycles. The molecule has 2 aliphatic rings. The number of fused-ring (bicyclic) bond motifs is 1. The van der Waals surface area contributed by atoms with Crippen molar-refractivity contribution < 1.29 is 23.1 Å². The molecule has 3 heterocycles. The average Bonchev–Trinajstić information content (AvgIpc) is 3.65. The van der Waals surface area contributed by atoms with E-state index in [2.05, 4.69) is 20.6 Å². The van der Waals surface area contributed by atoms with Gasteiger partial charge in [0, 0.05) is 23.6 Å². The molecule has 12 heteroatoms. The van der Waals surface area contributed by atoms with E-state index in [1.165, 1.54) is 10.9 Å². The van der Waals surface area contributed by atoms with Crippen molar-refractivity contribution in [2.24, 2.45) is 5.10 Å². The number of nitrogens with one attached hydrogen (secondary N) is 1. The summed E-state index contributed by atoms with van der Waals surface area (Å²) < 4.78 is 43.6. The summed E-state index contributed by atoms with van der Waals surface area (Å²) in [5.41, 5.74) is 4.66. The molecule has 2 aromatic carbocycles. The van der Waals surface area contributed by atoms with E-state index in [1.807, 2.05) is 55.5 Å². The van der Waals surface area contributed by atoms with Gasteiger partial charge in [0.1, 0.15) is 6.33 Å². The van der Waals surface area contributed by atoms with Crippen LogP contribution in [0.25, 0.3) is 16.9 Å². The van der Waals surface area contributed by atoms with Gasteiger partial charge in [-0.2, -0.15) is 28.4 Å². The second-order valence-electron chi connectivity index (χ2n) is 11.3. The van der Waals surface area contributed by atoms with Crippen LogP contribution in [0, 0.1) is 0 Å². The van der Waals surface area contributed by atoms with Crippen molar-refractivity contribution in [1.82, 2.24) is 24.6 Å². The summed E-state index contributed by atoms with van der Waals surface area (Å²) in [6.07, 6.45) is -2.80. The van der Waals surface area contributed by atoms with E-state index in [1.54, 1.807) is 4.52 Å². The minimum absolute atomic E-state index is 0.0260. The number of nitrogens with zero attached hydrogens (tertiary/aromatic N) is 5. The van der Waals surface area contributed by atoms with E-state index in [9.17, 15) is 27.9 Å². The lowest BCUT2D eigenvalue weighted by Gasteiger charge is -2.37. The fraction of sp³-hybridized carbons (Fsp3) is 0.387. The molecule has 6 rings (SSSR count). The van der Waals surface area contributed by atoms with Gasteiger partial charge in [0.2, 0.25) is 11.7 Å². The zero-order chi connectivity index (χ0) is 30.4. The Morgan fingerprint density at radius 2 is 1.81 bits per heavy atom. The molecular weight excluding hydrogens is 561 g/mol. The number of alkyl halides is 3. The summed E-state index contributed by atoms with van der Waals surface area (Å²) >= 11 is 0. The Hall–Kier alpha value is -4.32. The molecule has 0 atom stereocenters. The van der Waals surface area contributed by atoms with Crippen LogP contribution in [0.4, 0.5) is 13.2 Å². The Morgan fingerprint density at radius 3 is 2.47 bits per heavy atom. The van der Waals surface area contributed by atoms with E-state index in [4.69, 9.17) is 0 Å². The molecule has 0 radical (unpaired) electrons. The number of carbonyl (C=O) groups is 1. The number of hydrogen-bond acceptors (Lipinski definition) is 6. The Balaban J connectivity index is 1.44. The predicted molar refractivity (Wildman–Crippen MR) is 154 cm³/mol. The molecule has 1 amide bonds.